The van der Waals surface area contributed by atoms with Crippen LogP contribution < -0.4 is 0 Å². The third kappa shape index (κ3) is 4.18. The first-order chi connectivity index (χ1) is 11.6. The minimum absolute atomic E-state index is 0.00552. The van der Waals surface area contributed by atoms with E-state index in [0.717, 1.165) is 30.6 Å². The minimum atomic E-state index is -0.325. The maximum atomic E-state index is 12.3. The highest BCUT2D eigenvalue weighted by atomic mass is 16.5. The Morgan fingerprint density at radius 1 is 1.46 bits per heavy atom. The molecule has 3 heterocycles. The summed E-state index contributed by atoms with van der Waals surface area (Å²) in [6.07, 6.45) is 4.82. The van der Waals surface area contributed by atoms with Crippen LogP contribution >= 0.6 is 0 Å². The van der Waals surface area contributed by atoms with Gasteiger partial charge in [-0.2, -0.15) is 0 Å². The number of aliphatic hydroxyl groups excluding tert-OH is 1. The Bertz CT molecular complexity index is 673. The first-order valence-corrected chi connectivity index (χ1v) is 8.12. The van der Waals surface area contributed by atoms with Crippen LogP contribution in [0.5, 0.6) is 0 Å². The first kappa shape index (κ1) is 16.6. The fourth-order valence-corrected chi connectivity index (χ4v) is 2.85. The van der Waals surface area contributed by atoms with Gasteiger partial charge in [0, 0.05) is 37.6 Å². The number of piperidine rings is 1. The number of rotatable bonds is 5. The number of hydrogen-bond acceptors (Lipinski definition) is 6. The van der Waals surface area contributed by atoms with Gasteiger partial charge in [0.05, 0.1) is 19.2 Å². The minimum Gasteiger partial charge on any atom is -0.392 e. The molecule has 1 fully saturated rings. The standard InChI is InChI=1S/C17H22N4O3/c1-20(17(23)12-21-8-2-3-14(22)10-21)11-15-9-16(19-24-15)13-4-6-18-7-5-13/h4-7,9,14,22H,2-3,8,10-12H2,1H3. The summed E-state index contributed by atoms with van der Waals surface area (Å²) in [5.41, 5.74) is 1.66. The quantitative estimate of drug-likeness (QED) is 0.885. The molecule has 2 aromatic rings. The van der Waals surface area contributed by atoms with Crippen molar-refractivity contribution in [3.05, 3.63) is 36.4 Å². The number of likely N-dealkylation sites (N-methyl/N-ethyl adjacent to an activating group) is 1. The second-order valence-electron chi connectivity index (χ2n) is 6.20. The van der Waals surface area contributed by atoms with E-state index in [9.17, 15) is 9.90 Å². The molecule has 1 amide bonds. The molecule has 3 rings (SSSR count). The molecule has 0 bridgehead atoms. The Morgan fingerprint density at radius 2 is 2.25 bits per heavy atom. The van der Waals surface area contributed by atoms with Crippen LogP contribution in [0.3, 0.4) is 0 Å². The van der Waals surface area contributed by atoms with Gasteiger partial charge in [-0.05, 0) is 31.5 Å². The smallest absolute Gasteiger partial charge is 0.236 e. The van der Waals surface area contributed by atoms with Gasteiger partial charge in [0.2, 0.25) is 5.91 Å². The van der Waals surface area contributed by atoms with Crippen molar-refractivity contribution in [3.63, 3.8) is 0 Å². The Hall–Kier alpha value is -2.25. The van der Waals surface area contributed by atoms with E-state index in [0.29, 0.717) is 25.4 Å². The van der Waals surface area contributed by atoms with E-state index in [4.69, 9.17) is 4.52 Å². The number of nitrogens with zero attached hydrogens (tertiary/aromatic N) is 4. The summed E-state index contributed by atoms with van der Waals surface area (Å²) in [7, 11) is 1.75. The van der Waals surface area contributed by atoms with Crippen molar-refractivity contribution in [2.45, 2.75) is 25.5 Å². The van der Waals surface area contributed by atoms with Crippen LogP contribution in [0.1, 0.15) is 18.6 Å². The van der Waals surface area contributed by atoms with Crippen molar-refractivity contribution < 1.29 is 14.4 Å². The molecule has 7 nitrogen and oxygen atoms in total. The molecule has 128 valence electrons. The largest absolute Gasteiger partial charge is 0.392 e. The van der Waals surface area contributed by atoms with Gasteiger partial charge in [0.15, 0.2) is 5.76 Å². The molecular weight excluding hydrogens is 308 g/mol. The number of pyridine rings is 1. The van der Waals surface area contributed by atoms with Crippen LogP contribution in [0.2, 0.25) is 0 Å². The van der Waals surface area contributed by atoms with Gasteiger partial charge in [-0.1, -0.05) is 5.16 Å². The van der Waals surface area contributed by atoms with Crippen molar-refractivity contribution in [1.82, 2.24) is 19.9 Å². The third-order valence-corrected chi connectivity index (χ3v) is 4.19. The lowest BCUT2D eigenvalue weighted by Gasteiger charge is -2.30. The molecule has 1 unspecified atom stereocenters. The van der Waals surface area contributed by atoms with Gasteiger partial charge in [0.25, 0.3) is 0 Å². The maximum absolute atomic E-state index is 12.3. The van der Waals surface area contributed by atoms with Crippen LogP contribution in [-0.4, -0.2) is 63.7 Å². The molecule has 0 radical (unpaired) electrons. The molecule has 1 aliphatic rings. The predicted molar refractivity (Wildman–Crippen MR) is 87.9 cm³/mol. The highest BCUT2D eigenvalue weighted by molar-refractivity contribution is 5.78. The zero-order chi connectivity index (χ0) is 16.9. The van der Waals surface area contributed by atoms with Gasteiger partial charge in [-0.25, -0.2) is 0 Å². The lowest BCUT2D eigenvalue weighted by atomic mass is 10.1. The summed E-state index contributed by atoms with van der Waals surface area (Å²) in [6.45, 7) is 2.10. The highest BCUT2D eigenvalue weighted by Crippen LogP contribution is 2.18. The molecule has 1 atom stereocenters. The number of aromatic nitrogens is 2. The predicted octanol–water partition coefficient (Wildman–Crippen LogP) is 1.15. The number of amides is 1. The summed E-state index contributed by atoms with van der Waals surface area (Å²) in [6, 6.07) is 5.56. The number of carbonyl (C=O) groups is 1. The summed E-state index contributed by atoms with van der Waals surface area (Å²) in [5, 5.41) is 13.7. The lowest BCUT2D eigenvalue weighted by molar-refractivity contribution is -0.132. The van der Waals surface area contributed by atoms with Gasteiger partial charge in [0.1, 0.15) is 5.69 Å². The van der Waals surface area contributed by atoms with E-state index >= 15 is 0 Å². The molecule has 0 spiro atoms. The van der Waals surface area contributed by atoms with Crippen LogP contribution in [0.4, 0.5) is 0 Å². The molecule has 7 heteroatoms. The Morgan fingerprint density at radius 3 is 3.00 bits per heavy atom. The van der Waals surface area contributed by atoms with E-state index in [1.165, 1.54) is 0 Å². The number of likely N-dealkylation sites (tertiary alicyclic amines) is 1. The fraction of sp³-hybridized carbons (Fsp3) is 0.471. The second-order valence-corrected chi connectivity index (χ2v) is 6.20. The van der Waals surface area contributed by atoms with E-state index in [2.05, 4.69) is 10.1 Å². The molecule has 0 aromatic carbocycles. The average molecular weight is 330 g/mol. The third-order valence-electron chi connectivity index (χ3n) is 4.19. The van der Waals surface area contributed by atoms with Crippen molar-refractivity contribution in [3.8, 4) is 11.3 Å². The number of hydrogen-bond donors (Lipinski definition) is 1. The topological polar surface area (TPSA) is 82.7 Å². The SMILES string of the molecule is CN(Cc1cc(-c2ccncc2)no1)C(=O)CN1CCCC(O)C1. The lowest BCUT2D eigenvalue weighted by Crippen LogP contribution is -2.44. The zero-order valence-electron chi connectivity index (χ0n) is 13.8. The monoisotopic (exact) mass is 330 g/mol. The van der Waals surface area contributed by atoms with Crippen molar-refractivity contribution in [2.75, 3.05) is 26.7 Å². The normalized spacial score (nSPS) is 18.5. The molecule has 0 aliphatic carbocycles. The summed E-state index contributed by atoms with van der Waals surface area (Å²) in [4.78, 5) is 19.9. The highest BCUT2D eigenvalue weighted by Gasteiger charge is 2.21. The molecule has 1 N–H and O–H groups in total. The Balaban J connectivity index is 1.55. The van der Waals surface area contributed by atoms with Crippen molar-refractivity contribution >= 4 is 5.91 Å². The van der Waals surface area contributed by atoms with E-state index in [1.807, 2.05) is 23.1 Å². The van der Waals surface area contributed by atoms with Gasteiger partial charge >= 0.3 is 0 Å². The number of carbonyl (C=O) groups excluding carboxylic acids is 1. The van der Waals surface area contributed by atoms with Gasteiger partial charge in [-0.3, -0.25) is 14.7 Å². The van der Waals surface area contributed by atoms with E-state index in [-0.39, 0.29) is 12.0 Å². The van der Waals surface area contributed by atoms with Crippen LogP contribution in [0.15, 0.2) is 35.1 Å². The number of β-amino-alcohol motifs (C(OH)–C–C–N with tert-alkyl or cyclic N) is 1. The summed E-state index contributed by atoms with van der Waals surface area (Å²) < 4.78 is 5.33. The maximum Gasteiger partial charge on any atom is 0.236 e. The zero-order valence-corrected chi connectivity index (χ0v) is 13.8. The van der Waals surface area contributed by atoms with Crippen molar-refractivity contribution in [2.24, 2.45) is 0 Å². The van der Waals surface area contributed by atoms with Gasteiger partial charge in [-0.15, -0.1) is 0 Å². The first-order valence-electron chi connectivity index (χ1n) is 8.12. The Kier molecular flexibility index (Phi) is 5.22. The van der Waals surface area contributed by atoms with Crippen LogP contribution in [0.25, 0.3) is 11.3 Å². The molecule has 2 aromatic heterocycles. The fourth-order valence-electron chi connectivity index (χ4n) is 2.85. The molecule has 1 saturated heterocycles. The second kappa shape index (κ2) is 7.55. The molecular formula is C17H22N4O3. The number of aliphatic hydroxyl groups is 1. The van der Waals surface area contributed by atoms with E-state index < -0.39 is 0 Å². The summed E-state index contributed by atoms with van der Waals surface area (Å²) in [5.74, 6) is 0.641. The molecule has 1 aliphatic heterocycles. The van der Waals surface area contributed by atoms with Crippen LogP contribution in [0, 0.1) is 0 Å². The molecule has 0 saturated carbocycles. The van der Waals surface area contributed by atoms with E-state index in [1.54, 1.807) is 24.3 Å². The summed E-state index contributed by atoms with van der Waals surface area (Å²) >= 11 is 0. The average Bonchev–Trinajstić information content (AvgIpc) is 3.04. The van der Waals surface area contributed by atoms with Gasteiger partial charge < -0.3 is 14.5 Å². The molecule has 24 heavy (non-hydrogen) atoms. The van der Waals surface area contributed by atoms with Crippen molar-refractivity contribution in [1.29, 1.82) is 0 Å². The Labute approximate surface area is 140 Å². The van der Waals surface area contributed by atoms with Crippen LogP contribution in [-0.2, 0) is 11.3 Å².